The summed E-state index contributed by atoms with van der Waals surface area (Å²) in [5.74, 6) is 0.569. The topological polar surface area (TPSA) is 81.4 Å². The molecule has 0 spiro atoms. The third-order valence-corrected chi connectivity index (χ3v) is 6.87. The summed E-state index contributed by atoms with van der Waals surface area (Å²) in [5.41, 5.74) is 7.94. The molecule has 0 radical (unpaired) electrons. The number of nitrogens with one attached hydrogen (secondary N) is 1. The zero-order valence-corrected chi connectivity index (χ0v) is 14.7. The Labute approximate surface area is 136 Å². The molecule has 0 saturated carbocycles. The summed E-state index contributed by atoms with van der Waals surface area (Å²) >= 11 is 4.51. The molecule has 2 rings (SSSR count). The second-order valence-corrected chi connectivity index (χ2v) is 8.79. The van der Waals surface area contributed by atoms with Gasteiger partial charge in [-0.2, -0.15) is 0 Å². The predicted octanol–water partition coefficient (Wildman–Crippen LogP) is 2.89. The van der Waals surface area contributed by atoms with Crippen LogP contribution < -0.4 is 15.2 Å². The van der Waals surface area contributed by atoms with E-state index in [1.807, 2.05) is 6.92 Å². The summed E-state index contributed by atoms with van der Waals surface area (Å²) in [5, 5.41) is 0. The molecule has 0 bridgehead atoms. The number of rotatable bonds is 5. The fourth-order valence-corrected chi connectivity index (χ4v) is 5.00. The van der Waals surface area contributed by atoms with Crippen molar-refractivity contribution in [1.82, 2.24) is 4.72 Å². The average molecular weight is 391 g/mol. The highest BCUT2D eigenvalue weighted by atomic mass is 79.9. The molecular weight excluding hydrogens is 376 g/mol. The molecule has 0 aliphatic heterocycles. The van der Waals surface area contributed by atoms with Gasteiger partial charge in [-0.15, -0.1) is 11.3 Å². The number of halogens is 1. The van der Waals surface area contributed by atoms with Crippen molar-refractivity contribution in [3.8, 4) is 5.75 Å². The molecule has 0 fully saturated rings. The normalized spacial score (nSPS) is 11.6. The van der Waals surface area contributed by atoms with Gasteiger partial charge in [-0.05, 0) is 52.2 Å². The highest BCUT2D eigenvalue weighted by Gasteiger charge is 2.18. The smallest absolute Gasteiger partial charge is 0.250 e. The number of nitrogen functional groups attached to an aromatic ring is 1. The van der Waals surface area contributed by atoms with Gasteiger partial charge in [0.25, 0.3) is 0 Å². The van der Waals surface area contributed by atoms with Gasteiger partial charge in [-0.3, -0.25) is 0 Å². The van der Waals surface area contributed by atoms with E-state index in [2.05, 4.69) is 20.7 Å². The SMILES string of the molecule is COc1ccc(CNS(=O)(=O)c2cc(C)c(Br)s2)cc1N. The predicted molar refractivity (Wildman–Crippen MR) is 88.2 cm³/mol. The van der Waals surface area contributed by atoms with Crippen LogP contribution in [0.3, 0.4) is 0 Å². The van der Waals surface area contributed by atoms with E-state index in [0.717, 1.165) is 14.9 Å². The Bertz CT molecular complexity index is 737. The minimum Gasteiger partial charge on any atom is -0.495 e. The number of benzene rings is 1. The fourth-order valence-electron chi connectivity index (χ4n) is 1.71. The van der Waals surface area contributed by atoms with Gasteiger partial charge in [0.05, 0.1) is 16.6 Å². The average Bonchev–Trinajstić information content (AvgIpc) is 2.77. The van der Waals surface area contributed by atoms with E-state index in [1.165, 1.54) is 18.4 Å². The van der Waals surface area contributed by atoms with Gasteiger partial charge in [0.1, 0.15) is 9.96 Å². The van der Waals surface area contributed by atoms with Crippen molar-refractivity contribution >= 4 is 43.0 Å². The molecule has 5 nitrogen and oxygen atoms in total. The highest BCUT2D eigenvalue weighted by Crippen LogP contribution is 2.30. The standard InChI is InChI=1S/C13H15BrN2O3S2/c1-8-5-12(20-13(8)14)21(17,18)16-7-9-3-4-11(19-2)10(15)6-9/h3-6,16H,7,15H2,1-2H3. The molecule has 0 unspecified atom stereocenters. The van der Waals surface area contributed by atoms with Crippen LogP contribution in [-0.4, -0.2) is 15.5 Å². The molecule has 114 valence electrons. The van der Waals surface area contributed by atoms with Crippen LogP contribution >= 0.6 is 27.3 Å². The quantitative estimate of drug-likeness (QED) is 0.768. The lowest BCUT2D eigenvalue weighted by Gasteiger charge is -2.08. The first-order chi connectivity index (χ1) is 9.83. The monoisotopic (exact) mass is 390 g/mol. The van der Waals surface area contributed by atoms with Crippen LogP contribution in [-0.2, 0) is 16.6 Å². The molecule has 1 heterocycles. The molecule has 0 aliphatic rings. The zero-order valence-electron chi connectivity index (χ0n) is 11.5. The van der Waals surface area contributed by atoms with Crippen LogP contribution in [0.2, 0.25) is 0 Å². The van der Waals surface area contributed by atoms with E-state index in [1.54, 1.807) is 24.3 Å². The van der Waals surface area contributed by atoms with Crippen molar-refractivity contribution in [2.45, 2.75) is 17.7 Å². The van der Waals surface area contributed by atoms with Crippen LogP contribution in [0.4, 0.5) is 5.69 Å². The van der Waals surface area contributed by atoms with Gasteiger partial charge in [-0.1, -0.05) is 6.07 Å². The summed E-state index contributed by atoms with van der Waals surface area (Å²) in [6.45, 7) is 2.02. The Balaban J connectivity index is 2.13. The minimum atomic E-state index is -3.52. The van der Waals surface area contributed by atoms with E-state index in [0.29, 0.717) is 11.4 Å². The molecule has 8 heteroatoms. The van der Waals surface area contributed by atoms with E-state index < -0.39 is 10.0 Å². The number of hydrogen-bond acceptors (Lipinski definition) is 5. The summed E-state index contributed by atoms with van der Waals surface area (Å²) in [6, 6.07) is 6.81. The maximum absolute atomic E-state index is 12.2. The lowest BCUT2D eigenvalue weighted by Crippen LogP contribution is -2.22. The molecule has 21 heavy (non-hydrogen) atoms. The fraction of sp³-hybridized carbons (Fsp3) is 0.231. The largest absolute Gasteiger partial charge is 0.495 e. The Morgan fingerprint density at radius 2 is 2.10 bits per heavy atom. The molecular formula is C13H15BrN2O3S2. The van der Waals surface area contributed by atoms with E-state index in [9.17, 15) is 8.42 Å². The van der Waals surface area contributed by atoms with E-state index in [-0.39, 0.29) is 10.8 Å². The maximum atomic E-state index is 12.2. The van der Waals surface area contributed by atoms with Crippen molar-refractivity contribution in [2.75, 3.05) is 12.8 Å². The summed E-state index contributed by atoms with van der Waals surface area (Å²) in [6.07, 6.45) is 0. The van der Waals surface area contributed by atoms with Crippen molar-refractivity contribution in [3.05, 3.63) is 39.2 Å². The van der Waals surface area contributed by atoms with Crippen LogP contribution in [0.25, 0.3) is 0 Å². The van der Waals surface area contributed by atoms with Crippen molar-refractivity contribution in [2.24, 2.45) is 0 Å². The van der Waals surface area contributed by atoms with Crippen molar-refractivity contribution < 1.29 is 13.2 Å². The van der Waals surface area contributed by atoms with Gasteiger partial charge in [0.15, 0.2) is 0 Å². The third kappa shape index (κ3) is 3.76. The van der Waals surface area contributed by atoms with Gasteiger partial charge in [-0.25, -0.2) is 13.1 Å². The number of sulfonamides is 1. The van der Waals surface area contributed by atoms with Crippen LogP contribution in [0.1, 0.15) is 11.1 Å². The second-order valence-electron chi connectivity index (χ2n) is 4.42. The Morgan fingerprint density at radius 3 is 2.62 bits per heavy atom. The van der Waals surface area contributed by atoms with Crippen LogP contribution in [0.15, 0.2) is 32.3 Å². The number of hydrogen-bond donors (Lipinski definition) is 2. The zero-order chi connectivity index (χ0) is 15.6. The third-order valence-electron chi connectivity index (χ3n) is 2.86. The minimum absolute atomic E-state index is 0.172. The summed E-state index contributed by atoms with van der Waals surface area (Å²) in [4.78, 5) is 0. The second kappa shape index (κ2) is 6.35. The molecule has 0 saturated heterocycles. The van der Waals surface area contributed by atoms with Gasteiger partial charge in [0.2, 0.25) is 10.0 Å². The van der Waals surface area contributed by atoms with E-state index >= 15 is 0 Å². The van der Waals surface area contributed by atoms with Gasteiger partial charge in [0, 0.05) is 6.54 Å². The summed E-state index contributed by atoms with van der Waals surface area (Å²) in [7, 11) is -1.99. The first-order valence-corrected chi connectivity index (χ1v) is 9.11. The first kappa shape index (κ1) is 16.3. The summed E-state index contributed by atoms with van der Waals surface area (Å²) < 4.78 is 33.1. The number of aryl methyl sites for hydroxylation is 1. The number of nitrogens with two attached hydrogens (primary N) is 1. The van der Waals surface area contributed by atoms with Gasteiger partial charge < -0.3 is 10.5 Å². The lowest BCUT2D eigenvalue weighted by molar-refractivity contribution is 0.417. The molecule has 0 atom stereocenters. The molecule has 0 aliphatic carbocycles. The Morgan fingerprint density at radius 1 is 1.38 bits per heavy atom. The first-order valence-electron chi connectivity index (χ1n) is 6.01. The van der Waals surface area contributed by atoms with Crippen molar-refractivity contribution in [1.29, 1.82) is 0 Å². The molecule has 3 N–H and O–H groups in total. The number of anilines is 1. The highest BCUT2D eigenvalue weighted by molar-refractivity contribution is 9.11. The molecule has 1 aromatic heterocycles. The Kier molecular flexibility index (Phi) is 4.92. The molecule has 0 amide bonds. The van der Waals surface area contributed by atoms with Gasteiger partial charge >= 0.3 is 0 Å². The molecule has 2 aromatic rings. The van der Waals surface area contributed by atoms with E-state index in [4.69, 9.17) is 10.5 Å². The maximum Gasteiger partial charge on any atom is 0.250 e. The Hall–Kier alpha value is -1.09. The van der Waals surface area contributed by atoms with Crippen molar-refractivity contribution in [3.63, 3.8) is 0 Å². The number of thiophene rings is 1. The van der Waals surface area contributed by atoms with Crippen LogP contribution in [0, 0.1) is 6.92 Å². The lowest BCUT2D eigenvalue weighted by atomic mass is 10.2. The number of methoxy groups -OCH3 is 1. The van der Waals surface area contributed by atoms with Crippen LogP contribution in [0.5, 0.6) is 5.75 Å². The number of ether oxygens (including phenoxy) is 1. The molecule has 1 aromatic carbocycles.